The number of hydrogen-bond acceptors (Lipinski definition) is 5. The van der Waals surface area contributed by atoms with E-state index in [-0.39, 0.29) is 18.8 Å². The first-order valence-corrected chi connectivity index (χ1v) is 8.58. The van der Waals surface area contributed by atoms with E-state index in [0.29, 0.717) is 12.6 Å². The van der Waals surface area contributed by atoms with Gasteiger partial charge >= 0.3 is 0 Å². The van der Waals surface area contributed by atoms with E-state index in [0.717, 1.165) is 19.5 Å². The number of nitrogens with zero attached hydrogens (tertiary/aromatic N) is 1. The van der Waals surface area contributed by atoms with Crippen molar-refractivity contribution in [2.45, 2.75) is 57.2 Å². The zero-order chi connectivity index (χ0) is 16.4. The van der Waals surface area contributed by atoms with Crippen molar-refractivity contribution in [2.24, 2.45) is 0 Å². The van der Waals surface area contributed by atoms with Crippen molar-refractivity contribution >= 4 is 0 Å². The minimum absolute atomic E-state index is 0.0771. The molecule has 5 nitrogen and oxygen atoms in total. The van der Waals surface area contributed by atoms with E-state index in [2.05, 4.69) is 48.3 Å². The Labute approximate surface area is 138 Å². The Kier molecular flexibility index (Phi) is 5.34. The van der Waals surface area contributed by atoms with Gasteiger partial charge in [-0.1, -0.05) is 38.1 Å². The van der Waals surface area contributed by atoms with Crippen LogP contribution in [0.5, 0.6) is 0 Å². The molecule has 1 fully saturated rings. The molecule has 128 valence electrons. The maximum atomic E-state index is 10.6. The molecule has 1 aromatic rings. The molecule has 2 aliphatic heterocycles. The average molecular weight is 320 g/mol. The van der Waals surface area contributed by atoms with Gasteiger partial charge in [0, 0.05) is 25.7 Å². The largest absolute Gasteiger partial charge is 0.394 e. The first-order chi connectivity index (χ1) is 11.1. The molecular formula is C18H28N2O3. The summed E-state index contributed by atoms with van der Waals surface area (Å²) in [6.07, 6.45) is -0.247. The summed E-state index contributed by atoms with van der Waals surface area (Å²) < 4.78 is 5.92. The van der Waals surface area contributed by atoms with Crippen LogP contribution < -0.4 is 5.32 Å². The smallest absolute Gasteiger partial charge is 0.109 e. The van der Waals surface area contributed by atoms with Crippen molar-refractivity contribution in [3.05, 3.63) is 35.4 Å². The van der Waals surface area contributed by atoms with Gasteiger partial charge in [0.2, 0.25) is 0 Å². The second kappa shape index (κ2) is 7.28. The van der Waals surface area contributed by atoms with Crippen LogP contribution in [0, 0.1) is 0 Å². The maximum Gasteiger partial charge on any atom is 0.109 e. The number of fused-ring (bicyclic) bond motifs is 1. The normalized spacial score (nSPS) is 31.5. The van der Waals surface area contributed by atoms with E-state index >= 15 is 0 Å². The molecule has 2 aliphatic rings. The fourth-order valence-electron chi connectivity index (χ4n) is 3.72. The van der Waals surface area contributed by atoms with E-state index in [1.165, 1.54) is 11.1 Å². The molecule has 0 radical (unpaired) electrons. The number of aliphatic hydroxyl groups excluding tert-OH is 2. The Morgan fingerprint density at radius 2 is 2.00 bits per heavy atom. The Hall–Kier alpha value is -0.980. The lowest BCUT2D eigenvalue weighted by atomic mass is 9.95. The van der Waals surface area contributed by atoms with Gasteiger partial charge in [-0.3, -0.25) is 4.90 Å². The van der Waals surface area contributed by atoms with E-state index in [9.17, 15) is 10.2 Å². The van der Waals surface area contributed by atoms with Crippen LogP contribution in [0.3, 0.4) is 0 Å². The minimum Gasteiger partial charge on any atom is -0.394 e. The van der Waals surface area contributed by atoms with Gasteiger partial charge in [0.15, 0.2) is 0 Å². The summed E-state index contributed by atoms with van der Waals surface area (Å²) in [6.45, 7) is 6.49. The summed E-state index contributed by atoms with van der Waals surface area (Å²) in [7, 11) is 0. The average Bonchev–Trinajstić information content (AvgIpc) is 2.88. The third-order valence-electron chi connectivity index (χ3n) is 4.95. The van der Waals surface area contributed by atoms with Crippen LogP contribution in [-0.4, -0.2) is 65.2 Å². The van der Waals surface area contributed by atoms with Gasteiger partial charge in [-0.25, -0.2) is 0 Å². The van der Waals surface area contributed by atoms with Crippen molar-refractivity contribution < 1.29 is 14.9 Å². The molecule has 3 N–H and O–H groups in total. The fraction of sp³-hybridized carbons (Fsp3) is 0.667. The topological polar surface area (TPSA) is 65.0 Å². The van der Waals surface area contributed by atoms with Gasteiger partial charge < -0.3 is 20.3 Å². The highest BCUT2D eigenvalue weighted by Gasteiger charge is 2.46. The second-order valence-electron chi connectivity index (χ2n) is 6.93. The number of nitrogens with one attached hydrogen (secondary N) is 1. The van der Waals surface area contributed by atoms with Gasteiger partial charge in [-0.05, 0) is 17.5 Å². The lowest BCUT2D eigenvalue weighted by Crippen LogP contribution is -2.52. The highest BCUT2D eigenvalue weighted by Crippen LogP contribution is 2.30. The minimum atomic E-state index is -0.649. The van der Waals surface area contributed by atoms with Crippen molar-refractivity contribution in [2.75, 3.05) is 19.7 Å². The first-order valence-electron chi connectivity index (χ1n) is 8.58. The quantitative estimate of drug-likeness (QED) is 0.739. The first kappa shape index (κ1) is 16.9. The summed E-state index contributed by atoms with van der Waals surface area (Å²) in [5, 5.41) is 23.5. The van der Waals surface area contributed by atoms with Crippen LogP contribution in [0.4, 0.5) is 0 Å². The highest BCUT2D eigenvalue weighted by molar-refractivity contribution is 5.29. The second-order valence-corrected chi connectivity index (χ2v) is 6.93. The molecule has 5 heteroatoms. The summed E-state index contributed by atoms with van der Waals surface area (Å²) in [4.78, 5) is 2.31. The lowest BCUT2D eigenvalue weighted by molar-refractivity contribution is -0.0216. The van der Waals surface area contributed by atoms with Crippen LogP contribution in [0.15, 0.2) is 24.3 Å². The molecule has 0 unspecified atom stereocenters. The van der Waals surface area contributed by atoms with Crippen LogP contribution >= 0.6 is 0 Å². The van der Waals surface area contributed by atoms with Crippen molar-refractivity contribution in [1.29, 1.82) is 0 Å². The summed E-state index contributed by atoms with van der Waals surface area (Å²) >= 11 is 0. The molecule has 0 saturated carbocycles. The molecular weight excluding hydrogens is 292 g/mol. The number of benzene rings is 1. The van der Waals surface area contributed by atoms with Gasteiger partial charge in [0.1, 0.15) is 12.2 Å². The number of rotatable bonds is 5. The molecule has 0 aliphatic carbocycles. The molecule has 0 bridgehead atoms. The lowest BCUT2D eigenvalue weighted by Gasteiger charge is -2.37. The molecule has 23 heavy (non-hydrogen) atoms. The van der Waals surface area contributed by atoms with Crippen LogP contribution in [0.1, 0.15) is 25.0 Å². The van der Waals surface area contributed by atoms with Crippen LogP contribution in [0.25, 0.3) is 0 Å². The molecule has 0 aromatic heterocycles. The van der Waals surface area contributed by atoms with Gasteiger partial charge in [0.05, 0.1) is 18.8 Å². The van der Waals surface area contributed by atoms with Crippen molar-refractivity contribution in [3.8, 4) is 0 Å². The van der Waals surface area contributed by atoms with E-state index in [4.69, 9.17) is 4.74 Å². The molecule has 0 spiro atoms. The molecule has 1 saturated heterocycles. The predicted molar refractivity (Wildman–Crippen MR) is 89.2 cm³/mol. The van der Waals surface area contributed by atoms with Gasteiger partial charge in [0.25, 0.3) is 0 Å². The Morgan fingerprint density at radius 3 is 2.70 bits per heavy atom. The zero-order valence-electron chi connectivity index (χ0n) is 14.0. The van der Waals surface area contributed by atoms with Gasteiger partial charge in [-0.15, -0.1) is 0 Å². The third-order valence-corrected chi connectivity index (χ3v) is 4.95. The van der Waals surface area contributed by atoms with E-state index < -0.39 is 12.2 Å². The van der Waals surface area contributed by atoms with Gasteiger partial charge in [-0.2, -0.15) is 0 Å². The maximum absolute atomic E-state index is 10.6. The summed E-state index contributed by atoms with van der Waals surface area (Å²) in [5.41, 5.74) is 2.72. The summed E-state index contributed by atoms with van der Waals surface area (Å²) in [6, 6.07) is 8.78. The fourth-order valence-corrected chi connectivity index (χ4v) is 3.72. The predicted octanol–water partition coefficient (Wildman–Crippen LogP) is 0.532. The highest BCUT2D eigenvalue weighted by atomic mass is 16.5. The molecule has 2 heterocycles. The molecule has 1 aromatic carbocycles. The van der Waals surface area contributed by atoms with Crippen LogP contribution in [-0.2, 0) is 17.7 Å². The molecule has 3 rings (SSSR count). The Bertz CT molecular complexity index is 523. The monoisotopic (exact) mass is 320 g/mol. The molecule has 0 amide bonds. The molecule has 4 atom stereocenters. The van der Waals surface area contributed by atoms with E-state index in [1.54, 1.807) is 0 Å². The summed E-state index contributed by atoms with van der Waals surface area (Å²) in [5.74, 6) is 0. The standard InChI is InChI=1S/C18H28N2O3/c1-12(2)19-9-15-17(18(22)16(11-21)23-15)20-8-7-13-5-3-4-6-14(13)10-20/h3-6,12,15-19,21-22H,7-11H2,1-2H3/t15-,16+,17+,18-/m1/s1. The van der Waals surface area contributed by atoms with E-state index in [1.807, 2.05) is 0 Å². The van der Waals surface area contributed by atoms with Crippen LogP contribution in [0.2, 0.25) is 0 Å². The third kappa shape index (κ3) is 3.59. The number of hydrogen-bond donors (Lipinski definition) is 3. The van der Waals surface area contributed by atoms with Crippen molar-refractivity contribution in [3.63, 3.8) is 0 Å². The number of aliphatic hydroxyl groups is 2. The Morgan fingerprint density at radius 1 is 1.26 bits per heavy atom. The number of ether oxygens (including phenoxy) is 1. The Balaban J connectivity index is 1.75. The zero-order valence-corrected chi connectivity index (χ0v) is 14.0. The SMILES string of the molecule is CC(C)NC[C@H]1O[C@@H](CO)[C@@H](O)[C@H]1N1CCc2ccccc2C1. The van der Waals surface area contributed by atoms with Crippen molar-refractivity contribution in [1.82, 2.24) is 10.2 Å².